The van der Waals surface area contributed by atoms with Gasteiger partial charge in [0.25, 0.3) is 11.6 Å². The van der Waals surface area contributed by atoms with E-state index in [2.05, 4.69) is 5.32 Å². The molecule has 2 aromatic rings. The van der Waals surface area contributed by atoms with Crippen molar-refractivity contribution in [1.29, 1.82) is 0 Å². The molecule has 0 heterocycles. The minimum absolute atomic E-state index is 0.186. The standard InChI is InChI=1S/C16H11Cl2FN2O5/c17-10-2-1-9(12(18)6-10)5-16(23)26-8-15(22)20-14-7-11(21(24)25)3-4-13(14)19/h1-4,6-7H,5,8H2,(H,20,22). The summed E-state index contributed by atoms with van der Waals surface area (Å²) in [7, 11) is 0. The maximum Gasteiger partial charge on any atom is 0.310 e. The smallest absolute Gasteiger partial charge is 0.310 e. The molecule has 7 nitrogen and oxygen atoms in total. The lowest BCUT2D eigenvalue weighted by molar-refractivity contribution is -0.384. The molecule has 0 aliphatic heterocycles. The zero-order chi connectivity index (χ0) is 19.3. The minimum Gasteiger partial charge on any atom is -0.455 e. The summed E-state index contributed by atoms with van der Waals surface area (Å²) in [6.45, 7) is -0.688. The molecule has 0 aromatic heterocycles. The molecular formula is C16H11Cl2FN2O5. The van der Waals surface area contributed by atoms with Gasteiger partial charge >= 0.3 is 5.97 Å². The highest BCUT2D eigenvalue weighted by atomic mass is 35.5. The van der Waals surface area contributed by atoms with Crippen LogP contribution in [-0.2, 0) is 20.7 Å². The van der Waals surface area contributed by atoms with Crippen molar-refractivity contribution in [1.82, 2.24) is 0 Å². The van der Waals surface area contributed by atoms with Crippen LogP contribution in [0.5, 0.6) is 0 Å². The first-order chi connectivity index (χ1) is 12.3. The molecule has 0 radical (unpaired) electrons. The predicted octanol–water partition coefficient (Wildman–Crippen LogP) is 3.77. The number of hydrogen-bond acceptors (Lipinski definition) is 5. The van der Waals surface area contributed by atoms with E-state index >= 15 is 0 Å². The number of carbonyl (C=O) groups excluding carboxylic acids is 2. The SMILES string of the molecule is O=C(COC(=O)Cc1ccc(Cl)cc1Cl)Nc1cc([N+](=O)[O-])ccc1F. The number of anilines is 1. The van der Waals surface area contributed by atoms with Crippen LogP contribution in [0.15, 0.2) is 36.4 Å². The van der Waals surface area contributed by atoms with Gasteiger partial charge in [-0.3, -0.25) is 19.7 Å². The molecule has 1 N–H and O–H groups in total. The summed E-state index contributed by atoms with van der Waals surface area (Å²) in [5.41, 5.74) is -0.316. The lowest BCUT2D eigenvalue weighted by Crippen LogP contribution is -2.22. The third-order valence-electron chi connectivity index (χ3n) is 3.15. The fraction of sp³-hybridized carbons (Fsp3) is 0.125. The van der Waals surface area contributed by atoms with Gasteiger partial charge in [0.15, 0.2) is 6.61 Å². The number of nitrogens with zero attached hydrogens (tertiary/aromatic N) is 1. The van der Waals surface area contributed by atoms with Crippen molar-refractivity contribution in [3.63, 3.8) is 0 Å². The number of non-ortho nitro benzene ring substituents is 1. The molecule has 0 atom stereocenters. The van der Waals surface area contributed by atoms with Crippen molar-refractivity contribution in [3.8, 4) is 0 Å². The van der Waals surface area contributed by atoms with E-state index in [4.69, 9.17) is 27.9 Å². The fourth-order valence-electron chi connectivity index (χ4n) is 1.93. The number of nitro benzene ring substituents is 1. The van der Waals surface area contributed by atoms with Crippen molar-refractivity contribution >= 4 is 46.5 Å². The summed E-state index contributed by atoms with van der Waals surface area (Å²) in [5.74, 6) is -2.44. The highest BCUT2D eigenvalue weighted by Gasteiger charge is 2.15. The molecule has 0 aliphatic rings. The van der Waals surface area contributed by atoms with E-state index in [1.54, 1.807) is 12.1 Å². The number of esters is 1. The van der Waals surface area contributed by atoms with Gasteiger partial charge in [-0.25, -0.2) is 4.39 Å². The highest BCUT2D eigenvalue weighted by molar-refractivity contribution is 6.35. The molecule has 0 aliphatic carbocycles. The van der Waals surface area contributed by atoms with E-state index in [1.807, 2.05) is 0 Å². The molecule has 1 amide bonds. The topological polar surface area (TPSA) is 98.5 Å². The average Bonchev–Trinajstić information content (AvgIpc) is 2.57. The van der Waals surface area contributed by atoms with Crippen molar-refractivity contribution in [2.45, 2.75) is 6.42 Å². The second-order valence-electron chi connectivity index (χ2n) is 5.04. The molecule has 10 heteroatoms. The summed E-state index contributed by atoms with van der Waals surface area (Å²) < 4.78 is 18.4. The molecule has 2 rings (SSSR count). The van der Waals surface area contributed by atoms with E-state index < -0.39 is 34.9 Å². The molecule has 0 fully saturated rings. The van der Waals surface area contributed by atoms with Gasteiger partial charge in [0.1, 0.15) is 5.82 Å². The Morgan fingerprint density at radius 2 is 1.92 bits per heavy atom. The first-order valence-electron chi connectivity index (χ1n) is 7.09. The van der Waals surface area contributed by atoms with E-state index in [-0.39, 0.29) is 17.1 Å². The molecule has 2 aromatic carbocycles. The van der Waals surface area contributed by atoms with Crippen LogP contribution in [0.25, 0.3) is 0 Å². The number of halogens is 3. The van der Waals surface area contributed by atoms with Crippen LogP contribution in [0.1, 0.15) is 5.56 Å². The van der Waals surface area contributed by atoms with Gasteiger partial charge in [-0.05, 0) is 23.8 Å². The van der Waals surface area contributed by atoms with Crippen molar-refractivity contribution < 1.29 is 23.6 Å². The number of nitro groups is 1. The third-order valence-corrected chi connectivity index (χ3v) is 3.74. The zero-order valence-corrected chi connectivity index (χ0v) is 14.5. The number of nitrogens with one attached hydrogen (secondary N) is 1. The van der Waals surface area contributed by atoms with Gasteiger partial charge in [-0.1, -0.05) is 29.3 Å². The summed E-state index contributed by atoms with van der Waals surface area (Å²) in [6.07, 6.45) is -0.186. The van der Waals surface area contributed by atoms with Crippen LogP contribution in [0.3, 0.4) is 0 Å². The monoisotopic (exact) mass is 400 g/mol. The van der Waals surface area contributed by atoms with E-state index in [0.717, 1.165) is 18.2 Å². The van der Waals surface area contributed by atoms with Crippen LogP contribution in [0.2, 0.25) is 10.0 Å². The maximum atomic E-state index is 13.6. The Morgan fingerprint density at radius 3 is 2.58 bits per heavy atom. The van der Waals surface area contributed by atoms with Gasteiger partial charge in [-0.2, -0.15) is 0 Å². The normalized spacial score (nSPS) is 10.3. The number of benzene rings is 2. The van der Waals surface area contributed by atoms with Crippen molar-refractivity contribution in [2.75, 3.05) is 11.9 Å². The van der Waals surface area contributed by atoms with Crippen molar-refractivity contribution in [3.05, 3.63) is 67.9 Å². The van der Waals surface area contributed by atoms with Gasteiger partial charge in [0.2, 0.25) is 0 Å². The fourth-order valence-corrected chi connectivity index (χ4v) is 2.40. The molecule has 0 bridgehead atoms. The number of hydrogen-bond donors (Lipinski definition) is 1. The molecule has 0 saturated carbocycles. The van der Waals surface area contributed by atoms with Crippen LogP contribution >= 0.6 is 23.2 Å². The summed E-state index contributed by atoms with van der Waals surface area (Å²) in [4.78, 5) is 33.4. The van der Waals surface area contributed by atoms with Gasteiger partial charge in [0.05, 0.1) is 17.0 Å². The molecule has 26 heavy (non-hydrogen) atoms. The summed E-state index contributed by atoms with van der Waals surface area (Å²) in [6, 6.07) is 7.23. The number of ether oxygens (including phenoxy) is 1. The van der Waals surface area contributed by atoms with Crippen LogP contribution in [0.4, 0.5) is 15.8 Å². The second-order valence-corrected chi connectivity index (χ2v) is 5.89. The number of carbonyl (C=O) groups is 2. The van der Waals surface area contributed by atoms with E-state index in [0.29, 0.717) is 10.6 Å². The maximum absolute atomic E-state index is 13.6. The molecule has 0 saturated heterocycles. The second kappa shape index (κ2) is 8.59. The summed E-state index contributed by atoms with van der Waals surface area (Å²) >= 11 is 11.7. The minimum atomic E-state index is -0.858. The summed E-state index contributed by atoms with van der Waals surface area (Å²) in [5, 5.41) is 13.5. The average molecular weight is 401 g/mol. The molecule has 136 valence electrons. The third kappa shape index (κ3) is 5.40. The Morgan fingerprint density at radius 1 is 1.19 bits per heavy atom. The Bertz CT molecular complexity index is 876. The van der Waals surface area contributed by atoms with Crippen molar-refractivity contribution in [2.24, 2.45) is 0 Å². The molecule has 0 spiro atoms. The molecule has 0 unspecified atom stereocenters. The van der Waals surface area contributed by atoms with Crippen LogP contribution < -0.4 is 5.32 Å². The zero-order valence-electron chi connectivity index (χ0n) is 13.0. The van der Waals surface area contributed by atoms with E-state index in [9.17, 15) is 24.1 Å². The Kier molecular flexibility index (Phi) is 6.48. The Hall–Kier alpha value is -2.71. The van der Waals surface area contributed by atoms with Crippen LogP contribution in [-0.4, -0.2) is 23.4 Å². The first kappa shape index (κ1) is 19.6. The Labute approximate surface area is 156 Å². The van der Waals surface area contributed by atoms with Gasteiger partial charge in [0, 0.05) is 22.2 Å². The lowest BCUT2D eigenvalue weighted by atomic mass is 10.1. The Balaban J connectivity index is 1.91. The lowest BCUT2D eigenvalue weighted by Gasteiger charge is -2.08. The highest BCUT2D eigenvalue weighted by Crippen LogP contribution is 2.22. The quantitative estimate of drug-likeness (QED) is 0.452. The molecular weight excluding hydrogens is 390 g/mol. The largest absolute Gasteiger partial charge is 0.455 e. The number of amides is 1. The predicted molar refractivity (Wildman–Crippen MR) is 92.8 cm³/mol. The first-order valence-corrected chi connectivity index (χ1v) is 7.85. The van der Waals surface area contributed by atoms with Gasteiger partial charge in [-0.15, -0.1) is 0 Å². The van der Waals surface area contributed by atoms with Gasteiger partial charge < -0.3 is 10.1 Å². The van der Waals surface area contributed by atoms with E-state index in [1.165, 1.54) is 6.07 Å². The van der Waals surface area contributed by atoms with Crippen LogP contribution in [0, 0.1) is 15.9 Å². The number of rotatable bonds is 6.